The van der Waals surface area contributed by atoms with Crippen molar-refractivity contribution < 1.29 is 18.7 Å². The molecule has 1 saturated heterocycles. The highest BCUT2D eigenvalue weighted by Gasteiger charge is 2.19. The fraction of sp³-hybridized carbons (Fsp3) is 0.360. The Hall–Kier alpha value is -3.32. The molecule has 0 spiro atoms. The third-order valence-corrected chi connectivity index (χ3v) is 5.75. The van der Waals surface area contributed by atoms with Crippen LogP contribution < -0.4 is 15.7 Å². The van der Waals surface area contributed by atoms with E-state index in [1.807, 2.05) is 49.4 Å². The first-order valence-electron chi connectivity index (χ1n) is 10.9. The number of hydrogen-bond donors (Lipinski definition) is 1. The summed E-state index contributed by atoms with van der Waals surface area (Å²) in [5.74, 6) is 1.20. The quantitative estimate of drug-likeness (QED) is 0.570. The number of nitrogens with zero attached hydrogens (tertiary/aromatic N) is 1. The van der Waals surface area contributed by atoms with Crippen molar-refractivity contribution in [1.29, 1.82) is 0 Å². The van der Waals surface area contributed by atoms with Gasteiger partial charge >= 0.3 is 11.7 Å². The fourth-order valence-electron chi connectivity index (χ4n) is 4.04. The number of fused-ring (bicyclic) bond motifs is 1. The third-order valence-electron chi connectivity index (χ3n) is 5.75. The summed E-state index contributed by atoms with van der Waals surface area (Å²) in [5.41, 5.74) is 1.48. The summed E-state index contributed by atoms with van der Waals surface area (Å²) in [6, 6.07) is 14.6. The molecule has 4 rings (SSSR count). The van der Waals surface area contributed by atoms with Crippen molar-refractivity contribution in [2.45, 2.75) is 26.4 Å². The van der Waals surface area contributed by atoms with E-state index < -0.39 is 11.7 Å². The zero-order valence-electron chi connectivity index (χ0n) is 18.4. The maximum Gasteiger partial charge on any atom is 0.412 e. The summed E-state index contributed by atoms with van der Waals surface area (Å²) in [5, 5.41) is 3.17. The Morgan fingerprint density at radius 2 is 2.03 bits per heavy atom. The number of likely N-dealkylation sites (tertiary alicyclic amines) is 1. The van der Waals surface area contributed by atoms with Crippen LogP contribution in [-0.2, 0) is 11.3 Å². The van der Waals surface area contributed by atoms with E-state index in [0.29, 0.717) is 29.2 Å². The topological polar surface area (TPSA) is 81.0 Å². The van der Waals surface area contributed by atoms with Crippen LogP contribution in [-0.4, -0.2) is 37.7 Å². The summed E-state index contributed by atoms with van der Waals surface area (Å²) in [4.78, 5) is 26.9. The maximum atomic E-state index is 12.5. The largest absolute Gasteiger partial charge is 0.493 e. The number of amides is 1. The predicted molar refractivity (Wildman–Crippen MR) is 123 cm³/mol. The van der Waals surface area contributed by atoms with Crippen LogP contribution in [0.15, 0.2) is 57.7 Å². The van der Waals surface area contributed by atoms with E-state index in [0.717, 1.165) is 30.6 Å². The second-order valence-electron chi connectivity index (χ2n) is 8.32. The van der Waals surface area contributed by atoms with Gasteiger partial charge in [-0.3, -0.25) is 5.32 Å². The minimum atomic E-state index is -0.713. The molecule has 2 aromatic carbocycles. The van der Waals surface area contributed by atoms with Crippen molar-refractivity contribution in [3.05, 3.63) is 70.1 Å². The molecule has 1 aliphatic heterocycles. The lowest BCUT2D eigenvalue weighted by molar-refractivity contribution is 0.150. The van der Waals surface area contributed by atoms with Gasteiger partial charge in [-0.25, -0.2) is 9.59 Å². The number of hydrogen-bond acceptors (Lipinski definition) is 6. The lowest BCUT2D eigenvalue weighted by atomic mass is 9.99. The number of aryl methyl sites for hydroxylation is 1. The van der Waals surface area contributed by atoms with Gasteiger partial charge in [-0.1, -0.05) is 30.3 Å². The van der Waals surface area contributed by atoms with Crippen molar-refractivity contribution in [2.24, 2.45) is 5.92 Å². The zero-order chi connectivity index (χ0) is 22.5. The van der Waals surface area contributed by atoms with Gasteiger partial charge in [0.15, 0.2) is 0 Å². The molecule has 7 nitrogen and oxygen atoms in total. The molecular formula is C25H28N2O5. The standard InChI is InChI=1S/C25H28N2O5/c1-17-22(30-16-19-9-6-12-27(2)14-19)11-10-20-13-21(24(28)32-23(17)20)26-25(29)31-15-18-7-4-3-5-8-18/h3-5,7-8,10-11,13,19H,6,9,12,14-16H2,1-2H3,(H,26,29). The van der Waals surface area contributed by atoms with Gasteiger partial charge < -0.3 is 18.8 Å². The monoisotopic (exact) mass is 436 g/mol. The second kappa shape index (κ2) is 9.87. The lowest BCUT2D eigenvalue weighted by Gasteiger charge is -2.29. The number of carbonyl (C=O) groups excluding carboxylic acids is 1. The Morgan fingerprint density at radius 3 is 2.81 bits per heavy atom. The molecule has 1 unspecified atom stereocenters. The zero-order valence-corrected chi connectivity index (χ0v) is 18.4. The van der Waals surface area contributed by atoms with Crippen LogP contribution in [0.1, 0.15) is 24.0 Å². The molecular weight excluding hydrogens is 408 g/mol. The molecule has 1 amide bonds. The highest BCUT2D eigenvalue weighted by molar-refractivity contribution is 5.89. The van der Waals surface area contributed by atoms with E-state index in [1.54, 1.807) is 6.07 Å². The molecule has 2 heterocycles. The summed E-state index contributed by atoms with van der Waals surface area (Å²) < 4.78 is 16.8. The van der Waals surface area contributed by atoms with Crippen molar-refractivity contribution in [2.75, 3.05) is 32.1 Å². The van der Waals surface area contributed by atoms with Crippen molar-refractivity contribution >= 4 is 22.7 Å². The van der Waals surface area contributed by atoms with E-state index in [4.69, 9.17) is 13.9 Å². The average Bonchev–Trinajstić information content (AvgIpc) is 2.79. The summed E-state index contributed by atoms with van der Waals surface area (Å²) in [7, 11) is 2.13. The molecule has 1 aromatic heterocycles. The SMILES string of the molecule is Cc1c(OCC2CCCN(C)C2)ccc2cc(NC(=O)OCc3ccccc3)c(=O)oc12. The maximum absolute atomic E-state index is 12.5. The van der Waals surface area contributed by atoms with Gasteiger partial charge in [-0.15, -0.1) is 0 Å². The molecule has 32 heavy (non-hydrogen) atoms. The molecule has 1 fully saturated rings. The first kappa shape index (κ1) is 21.9. The molecule has 168 valence electrons. The van der Waals surface area contributed by atoms with E-state index in [9.17, 15) is 9.59 Å². The van der Waals surface area contributed by atoms with E-state index in [-0.39, 0.29) is 12.3 Å². The highest BCUT2D eigenvalue weighted by Crippen LogP contribution is 2.28. The van der Waals surface area contributed by atoms with Gasteiger partial charge in [0.1, 0.15) is 23.6 Å². The van der Waals surface area contributed by atoms with Crippen LogP contribution in [0.4, 0.5) is 10.5 Å². The van der Waals surface area contributed by atoms with Gasteiger partial charge in [0.2, 0.25) is 0 Å². The van der Waals surface area contributed by atoms with E-state index in [1.165, 1.54) is 6.42 Å². The molecule has 0 aliphatic carbocycles. The van der Waals surface area contributed by atoms with E-state index >= 15 is 0 Å². The number of carbonyl (C=O) groups is 1. The van der Waals surface area contributed by atoms with Gasteiger partial charge in [-0.05, 0) is 57.1 Å². The van der Waals surface area contributed by atoms with Crippen LogP contribution in [0.5, 0.6) is 5.75 Å². The minimum absolute atomic E-state index is 0.0360. The first-order chi connectivity index (χ1) is 15.5. The molecule has 1 aliphatic rings. The predicted octanol–water partition coefficient (Wildman–Crippen LogP) is 4.57. The summed E-state index contributed by atoms with van der Waals surface area (Å²) >= 11 is 0. The normalized spacial score (nSPS) is 16.6. The van der Waals surface area contributed by atoms with Gasteiger partial charge in [0, 0.05) is 23.4 Å². The molecule has 0 radical (unpaired) electrons. The van der Waals surface area contributed by atoms with Crippen LogP contribution >= 0.6 is 0 Å². The van der Waals surface area contributed by atoms with Gasteiger partial charge in [0.25, 0.3) is 0 Å². The number of benzene rings is 2. The van der Waals surface area contributed by atoms with E-state index in [2.05, 4.69) is 17.3 Å². The first-order valence-corrected chi connectivity index (χ1v) is 10.9. The number of nitrogens with one attached hydrogen (secondary N) is 1. The fourth-order valence-corrected chi connectivity index (χ4v) is 4.04. The molecule has 1 atom stereocenters. The molecule has 0 saturated carbocycles. The van der Waals surface area contributed by atoms with Crippen LogP contribution in [0.25, 0.3) is 11.0 Å². The summed E-state index contributed by atoms with van der Waals surface area (Å²) in [6.07, 6.45) is 1.62. The molecule has 7 heteroatoms. The number of rotatable bonds is 6. The average molecular weight is 437 g/mol. The Labute approximate surface area is 186 Å². The molecule has 1 N–H and O–H groups in total. The smallest absolute Gasteiger partial charge is 0.412 e. The van der Waals surface area contributed by atoms with Crippen molar-refractivity contribution in [3.8, 4) is 5.75 Å². The number of anilines is 1. The Bertz CT molecular complexity index is 1140. The van der Waals surface area contributed by atoms with Crippen molar-refractivity contribution in [1.82, 2.24) is 4.90 Å². The van der Waals surface area contributed by atoms with Gasteiger partial charge in [-0.2, -0.15) is 0 Å². The lowest BCUT2D eigenvalue weighted by Crippen LogP contribution is -2.34. The molecule has 0 bridgehead atoms. The van der Waals surface area contributed by atoms with Crippen LogP contribution in [0, 0.1) is 12.8 Å². The Morgan fingerprint density at radius 1 is 1.22 bits per heavy atom. The Balaban J connectivity index is 1.43. The third kappa shape index (κ3) is 5.29. The van der Waals surface area contributed by atoms with Crippen LogP contribution in [0.2, 0.25) is 0 Å². The van der Waals surface area contributed by atoms with Crippen molar-refractivity contribution in [3.63, 3.8) is 0 Å². The molecule has 3 aromatic rings. The van der Waals surface area contributed by atoms with Gasteiger partial charge in [0.05, 0.1) is 6.61 Å². The Kier molecular flexibility index (Phi) is 6.75. The summed E-state index contributed by atoms with van der Waals surface area (Å²) in [6.45, 7) is 4.77. The van der Waals surface area contributed by atoms with Crippen LogP contribution in [0.3, 0.4) is 0 Å². The highest BCUT2D eigenvalue weighted by atomic mass is 16.5. The number of piperidine rings is 1. The second-order valence-corrected chi connectivity index (χ2v) is 8.32. The number of ether oxygens (including phenoxy) is 2. The minimum Gasteiger partial charge on any atom is -0.493 e.